The Balaban J connectivity index is 2.03. The molecular weight excluding hydrogens is 346 g/mol. The van der Waals surface area contributed by atoms with E-state index >= 15 is 0 Å². The predicted octanol–water partition coefficient (Wildman–Crippen LogP) is 3.58. The van der Waals surface area contributed by atoms with E-state index in [1.807, 2.05) is 0 Å². The molecule has 0 spiro atoms. The van der Waals surface area contributed by atoms with Gasteiger partial charge in [0.2, 0.25) is 0 Å². The largest absolute Gasteiger partial charge is 0.486 e. The van der Waals surface area contributed by atoms with Crippen LogP contribution < -0.4 is 9.47 Å². The summed E-state index contributed by atoms with van der Waals surface area (Å²) in [6.45, 7) is 0.864. The quantitative estimate of drug-likeness (QED) is 0.893. The molecule has 1 atom stereocenters. The molecule has 6 heteroatoms. The molecule has 21 heavy (non-hydrogen) atoms. The molecule has 0 amide bonds. The molecule has 1 unspecified atom stereocenters. The van der Waals surface area contributed by atoms with E-state index in [1.165, 1.54) is 6.07 Å². The zero-order valence-electron chi connectivity index (χ0n) is 10.8. The van der Waals surface area contributed by atoms with Crippen LogP contribution >= 0.6 is 15.9 Å². The number of aliphatic hydroxyl groups is 1. The van der Waals surface area contributed by atoms with Gasteiger partial charge in [-0.25, -0.2) is 8.78 Å². The van der Waals surface area contributed by atoms with Gasteiger partial charge in [0.25, 0.3) is 0 Å². The van der Waals surface area contributed by atoms with Gasteiger partial charge in [0.05, 0.1) is 0 Å². The minimum atomic E-state index is -1.24. The molecule has 2 aromatic carbocycles. The zero-order chi connectivity index (χ0) is 15.0. The van der Waals surface area contributed by atoms with E-state index in [-0.39, 0.29) is 5.56 Å². The Bertz CT molecular complexity index is 691. The first-order chi connectivity index (χ1) is 10.1. The molecule has 1 N–H and O–H groups in total. The number of benzene rings is 2. The van der Waals surface area contributed by atoms with Crippen molar-refractivity contribution >= 4 is 15.9 Å². The molecule has 1 heterocycles. The van der Waals surface area contributed by atoms with Gasteiger partial charge in [-0.05, 0) is 18.2 Å². The van der Waals surface area contributed by atoms with Gasteiger partial charge in [0, 0.05) is 21.7 Å². The van der Waals surface area contributed by atoms with Crippen LogP contribution in [0.3, 0.4) is 0 Å². The fourth-order valence-corrected chi connectivity index (χ4v) is 2.72. The Morgan fingerprint density at radius 3 is 2.33 bits per heavy atom. The Morgan fingerprint density at radius 1 is 1.00 bits per heavy atom. The Kier molecular flexibility index (Phi) is 3.82. The van der Waals surface area contributed by atoms with Gasteiger partial charge in [0.15, 0.2) is 11.5 Å². The third-order valence-corrected chi connectivity index (χ3v) is 3.90. The lowest BCUT2D eigenvalue weighted by Crippen LogP contribution is -2.16. The summed E-state index contributed by atoms with van der Waals surface area (Å²) in [4.78, 5) is 0. The first kappa shape index (κ1) is 14.3. The minimum Gasteiger partial charge on any atom is -0.486 e. The Morgan fingerprint density at radius 2 is 1.67 bits per heavy atom. The fraction of sp³-hybridized carbons (Fsp3) is 0.200. The van der Waals surface area contributed by atoms with Crippen LogP contribution in [0.15, 0.2) is 34.8 Å². The molecule has 0 bridgehead atoms. The Hall–Kier alpha value is -1.66. The van der Waals surface area contributed by atoms with Crippen LogP contribution in [0.25, 0.3) is 0 Å². The average molecular weight is 357 g/mol. The Labute approximate surface area is 128 Å². The van der Waals surface area contributed by atoms with Gasteiger partial charge in [-0.1, -0.05) is 22.0 Å². The van der Waals surface area contributed by atoms with Crippen molar-refractivity contribution in [3.8, 4) is 11.5 Å². The maximum absolute atomic E-state index is 13.8. The van der Waals surface area contributed by atoms with Crippen molar-refractivity contribution in [3.63, 3.8) is 0 Å². The SMILES string of the molecule is OC(c1ccc(F)cc1F)c1cc2c(cc1Br)OCCO2. The number of hydrogen-bond acceptors (Lipinski definition) is 3. The summed E-state index contributed by atoms with van der Waals surface area (Å²) in [5.74, 6) is -0.446. The van der Waals surface area contributed by atoms with Crippen LogP contribution in [0.1, 0.15) is 17.2 Å². The second-order valence-electron chi connectivity index (χ2n) is 4.59. The van der Waals surface area contributed by atoms with Crippen LogP contribution in [0.2, 0.25) is 0 Å². The first-order valence-electron chi connectivity index (χ1n) is 6.28. The summed E-state index contributed by atoms with van der Waals surface area (Å²) < 4.78 is 38.2. The van der Waals surface area contributed by atoms with Crippen LogP contribution in [0, 0.1) is 11.6 Å². The van der Waals surface area contributed by atoms with Crippen molar-refractivity contribution < 1.29 is 23.4 Å². The van der Waals surface area contributed by atoms with Gasteiger partial charge in [-0.3, -0.25) is 0 Å². The van der Waals surface area contributed by atoms with Gasteiger partial charge in [-0.15, -0.1) is 0 Å². The predicted molar refractivity (Wildman–Crippen MR) is 75.6 cm³/mol. The molecule has 3 rings (SSSR count). The van der Waals surface area contributed by atoms with Crippen LogP contribution in [0.5, 0.6) is 11.5 Å². The maximum atomic E-state index is 13.8. The average Bonchev–Trinajstić information content (AvgIpc) is 2.46. The summed E-state index contributed by atoms with van der Waals surface area (Å²) in [5.41, 5.74) is 0.415. The molecule has 0 aromatic heterocycles. The van der Waals surface area contributed by atoms with Gasteiger partial charge >= 0.3 is 0 Å². The third-order valence-electron chi connectivity index (χ3n) is 3.21. The van der Waals surface area contributed by atoms with Crippen molar-refractivity contribution in [2.24, 2.45) is 0 Å². The number of fused-ring (bicyclic) bond motifs is 1. The summed E-state index contributed by atoms with van der Waals surface area (Å²) in [6.07, 6.45) is -1.24. The number of rotatable bonds is 2. The van der Waals surface area contributed by atoms with Crippen LogP contribution in [-0.2, 0) is 0 Å². The maximum Gasteiger partial charge on any atom is 0.162 e. The summed E-state index contributed by atoms with van der Waals surface area (Å²) in [7, 11) is 0. The second kappa shape index (κ2) is 5.61. The van der Waals surface area contributed by atoms with Crippen LogP contribution in [0.4, 0.5) is 8.78 Å². The molecular formula is C15H11BrF2O3. The lowest BCUT2D eigenvalue weighted by atomic mass is 10.0. The highest BCUT2D eigenvalue weighted by atomic mass is 79.9. The molecule has 1 aliphatic rings. The highest BCUT2D eigenvalue weighted by Gasteiger charge is 2.22. The second-order valence-corrected chi connectivity index (χ2v) is 5.44. The van der Waals surface area contributed by atoms with E-state index in [9.17, 15) is 13.9 Å². The lowest BCUT2D eigenvalue weighted by molar-refractivity contribution is 0.169. The normalized spacial score (nSPS) is 14.9. The fourth-order valence-electron chi connectivity index (χ4n) is 2.18. The minimum absolute atomic E-state index is 0.00576. The lowest BCUT2D eigenvalue weighted by Gasteiger charge is -2.21. The first-order valence-corrected chi connectivity index (χ1v) is 7.07. The highest BCUT2D eigenvalue weighted by molar-refractivity contribution is 9.10. The summed E-state index contributed by atoms with van der Waals surface area (Å²) >= 11 is 3.32. The molecule has 0 fully saturated rings. The number of aliphatic hydroxyl groups excluding tert-OH is 1. The van der Waals surface area contributed by atoms with E-state index in [2.05, 4.69) is 15.9 Å². The van der Waals surface area contributed by atoms with Crippen LogP contribution in [-0.4, -0.2) is 18.3 Å². The van der Waals surface area contributed by atoms with E-state index in [4.69, 9.17) is 9.47 Å². The third kappa shape index (κ3) is 2.73. The topological polar surface area (TPSA) is 38.7 Å². The molecule has 0 aliphatic carbocycles. The number of ether oxygens (including phenoxy) is 2. The molecule has 110 valence electrons. The monoisotopic (exact) mass is 356 g/mol. The van der Waals surface area contributed by atoms with Crippen molar-refractivity contribution in [3.05, 3.63) is 57.6 Å². The summed E-state index contributed by atoms with van der Waals surface area (Å²) in [6, 6.07) is 6.32. The van der Waals surface area contributed by atoms with E-state index in [0.717, 1.165) is 12.1 Å². The number of halogens is 3. The van der Waals surface area contributed by atoms with Crippen molar-refractivity contribution in [2.75, 3.05) is 13.2 Å². The van der Waals surface area contributed by atoms with Crippen molar-refractivity contribution in [1.29, 1.82) is 0 Å². The standard InChI is InChI=1S/C15H11BrF2O3/c16-11-7-14-13(20-3-4-21-14)6-10(11)15(19)9-2-1-8(17)5-12(9)18/h1-2,5-7,15,19H,3-4H2. The molecule has 2 aromatic rings. The van der Waals surface area contributed by atoms with Gasteiger partial charge in [0.1, 0.15) is 31.0 Å². The van der Waals surface area contributed by atoms with Gasteiger partial charge in [-0.2, -0.15) is 0 Å². The smallest absolute Gasteiger partial charge is 0.162 e. The molecule has 0 saturated carbocycles. The molecule has 3 nitrogen and oxygen atoms in total. The molecule has 1 aliphatic heterocycles. The van der Waals surface area contributed by atoms with E-state index in [1.54, 1.807) is 12.1 Å². The van der Waals surface area contributed by atoms with E-state index < -0.39 is 17.7 Å². The number of hydrogen-bond donors (Lipinski definition) is 1. The highest BCUT2D eigenvalue weighted by Crippen LogP contribution is 2.39. The molecule has 0 saturated heterocycles. The van der Waals surface area contributed by atoms with Crippen molar-refractivity contribution in [1.82, 2.24) is 0 Å². The molecule has 0 radical (unpaired) electrons. The van der Waals surface area contributed by atoms with E-state index in [0.29, 0.717) is 34.7 Å². The van der Waals surface area contributed by atoms with Gasteiger partial charge < -0.3 is 14.6 Å². The summed E-state index contributed by atoms with van der Waals surface area (Å²) in [5, 5.41) is 10.4. The zero-order valence-corrected chi connectivity index (χ0v) is 12.4. The van der Waals surface area contributed by atoms with Crippen molar-refractivity contribution in [2.45, 2.75) is 6.10 Å².